The van der Waals surface area contributed by atoms with E-state index in [0.717, 1.165) is 11.4 Å². The average molecular weight is 266 g/mol. The summed E-state index contributed by atoms with van der Waals surface area (Å²) in [5, 5.41) is 5.87. The van der Waals surface area contributed by atoms with E-state index in [1.54, 1.807) is 7.11 Å². The van der Waals surface area contributed by atoms with Crippen LogP contribution in [0.4, 0.5) is 10.5 Å². The lowest BCUT2D eigenvalue weighted by Crippen LogP contribution is -2.34. The molecule has 1 aromatic carbocycles. The molecule has 0 saturated carbocycles. The second-order valence-corrected chi connectivity index (χ2v) is 5.08. The Balaban J connectivity index is 2.21. The van der Waals surface area contributed by atoms with Crippen LogP contribution in [0.3, 0.4) is 0 Å². The standard InChI is InChI=1S/C14H22N2O3/c1-14(2,3)19-13(17)16-10-9-15-11-5-7-12(18-4)8-6-11/h5-8,15H,9-10H2,1-4H3,(H,16,17). The van der Waals surface area contributed by atoms with E-state index in [2.05, 4.69) is 10.6 Å². The Hall–Kier alpha value is -1.91. The molecule has 5 heteroatoms. The molecule has 1 rings (SSSR count). The minimum atomic E-state index is -0.465. The normalized spacial score (nSPS) is 10.7. The molecule has 0 aliphatic heterocycles. The number of benzene rings is 1. The Bertz CT molecular complexity index is 396. The van der Waals surface area contributed by atoms with Crippen LogP contribution in [0.1, 0.15) is 20.8 Å². The van der Waals surface area contributed by atoms with E-state index in [1.807, 2.05) is 45.0 Å². The van der Waals surface area contributed by atoms with E-state index in [4.69, 9.17) is 9.47 Å². The number of methoxy groups -OCH3 is 1. The Morgan fingerprint density at radius 3 is 2.32 bits per heavy atom. The highest BCUT2D eigenvalue weighted by molar-refractivity contribution is 5.67. The highest BCUT2D eigenvalue weighted by Gasteiger charge is 2.15. The second-order valence-electron chi connectivity index (χ2n) is 5.08. The summed E-state index contributed by atoms with van der Waals surface area (Å²) in [6, 6.07) is 7.60. The van der Waals surface area contributed by atoms with Crippen molar-refractivity contribution in [3.63, 3.8) is 0 Å². The molecule has 19 heavy (non-hydrogen) atoms. The van der Waals surface area contributed by atoms with Gasteiger partial charge in [-0.05, 0) is 45.0 Å². The van der Waals surface area contributed by atoms with Crippen molar-refractivity contribution in [3.8, 4) is 5.75 Å². The molecule has 0 unspecified atom stereocenters. The maximum Gasteiger partial charge on any atom is 0.407 e. The van der Waals surface area contributed by atoms with Gasteiger partial charge in [-0.2, -0.15) is 0 Å². The van der Waals surface area contributed by atoms with Gasteiger partial charge in [0.25, 0.3) is 0 Å². The van der Waals surface area contributed by atoms with Crippen LogP contribution >= 0.6 is 0 Å². The first-order chi connectivity index (χ1) is 8.90. The molecular formula is C14H22N2O3. The fraction of sp³-hybridized carbons (Fsp3) is 0.500. The molecule has 0 heterocycles. The zero-order valence-corrected chi connectivity index (χ0v) is 11.9. The average Bonchev–Trinajstić information content (AvgIpc) is 2.33. The fourth-order valence-corrected chi connectivity index (χ4v) is 1.39. The predicted octanol–water partition coefficient (Wildman–Crippen LogP) is 2.63. The predicted molar refractivity (Wildman–Crippen MR) is 75.7 cm³/mol. The van der Waals surface area contributed by atoms with E-state index >= 15 is 0 Å². The molecule has 2 N–H and O–H groups in total. The summed E-state index contributed by atoms with van der Waals surface area (Å²) in [6.07, 6.45) is -0.399. The number of anilines is 1. The van der Waals surface area contributed by atoms with Gasteiger partial charge in [0.05, 0.1) is 7.11 Å². The summed E-state index contributed by atoms with van der Waals surface area (Å²) in [7, 11) is 1.63. The summed E-state index contributed by atoms with van der Waals surface area (Å²) in [6.45, 7) is 6.64. The number of carbonyl (C=O) groups is 1. The van der Waals surface area contributed by atoms with Gasteiger partial charge in [-0.15, -0.1) is 0 Å². The van der Waals surface area contributed by atoms with Crippen LogP contribution in [-0.2, 0) is 4.74 Å². The van der Waals surface area contributed by atoms with Gasteiger partial charge < -0.3 is 20.1 Å². The minimum Gasteiger partial charge on any atom is -0.497 e. The quantitative estimate of drug-likeness (QED) is 0.804. The molecule has 0 aromatic heterocycles. The van der Waals surface area contributed by atoms with Gasteiger partial charge in [0.2, 0.25) is 0 Å². The van der Waals surface area contributed by atoms with Crippen molar-refractivity contribution < 1.29 is 14.3 Å². The van der Waals surface area contributed by atoms with Crippen LogP contribution in [0, 0.1) is 0 Å². The Kier molecular flexibility index (Phi) is 5.48. The molecule has 5 nitrogen and oxygen atoms in total. The Morgan fingerprint density at radius 1 is 1.16 bits per heavy atom. The molecule has 0 spiro atoms. The third kappa shape index (κ3) is 6.55. The van der Waals surface area contributed by atoms with Crippen molar-refractivity contribution in [1.29, 1.82) is 0 Å². The Labute approximate surface area is 114 Å². The summed E-state index contributed by atoms with van der Waals surface area (Å²) in [5.41, 5.74) is 0.514. The summed E-state index contributed by atoms with van der Waals surface area (Å²) in [5.74, 6) is 0.817. The number of amides is 1. The smallest absolute Gasteiger partial charge is 0.407 e. The van der Waals surface area contributed by atoms with Crippen molar-refractivity contribution >= 4 is 11.8 Å². The lowest BCUT2D eigenvalue weighted by atomic mass is 10.2. The molecule has 0 aliphatic carbocycles. The third-order valence-electron chi connectivity index (χ3n) is 2.21. The van der Waals surface area contributed by atoms with E-state index in [0.29, 0.717) is 13.1 Å². The van der Waals surface area contributed by atoms with Gasteiger partial charge in [-0.25, -0.2) is 4.79 Å². The zero-order valence-electron chi connectivity index (χ0n) is 11.9. The largest absolute Gasteiger partial charge is 0.497 e. The number of hydrogen-bond donors (Lipinski definition) is 2. The minimum absolute atomic E-state index is 0.399. The lowest BCUT2D eigenvalue weighted by Gasteiger charge is -2.19. The van der Waals surface area contributed by atoms with Crippen molar-refractivity contribution in [2.75, 3.05) is 25.5 Å². The SMILES string of the molecule is COc1ccc(NCCNC(=O)OC(C)(C)C)cc1. The topological polar surface area (TPSA) is 59.6 Å². The first kappa shape index (κ1) is 15.1. The summed E-state index contributed by atoms with van der Waals surface area (Å²) >= 11 is 0. The monoisotopic (exact) mass is 266 g/mol. The maximum absolute atomic E-state index is 11.4. The van der Waals surface area contributed by atoms with Crippen molar-refractivity contribution in [2.45, 2.75) is 26.4 Å². The molecule has 0 atom stereocenters. The molecule has 1 amide bonds. The van der Waals surface area contributed by atoms with Crippen LogP contribution in [0.15, 0.2) is 24.3 Å². The first-order valence-corrected chi connectivity index (χ1v) is 6.25. The molecule has 0 fully saturated rings. The lowest BCUT2D eigenvalue weighted by molar-refractivity contribution is 0.0530. The number of rotatable bonds is 5. The Morgan fingerprint density at radius 2 is 1.79 bits per heavy atom. The third-order valence-corrected chi connectivity index (χ3v) is 2.21. The van der Waals surface area contributed by atoms with Gasteiger partial charge >= 0.3 is 6.09 Å². The molecule has 0 aliphatic rings. The van der Waals surface area contributed by atoms with Gasteiger partial charge in [-0.1, -0.05) is 0 Å². The molecule has 106 valence electrons. The number of nitrogens with one attached hydrogen (secondary N) is 2. The highest BCUT2D eigenvalue weighted by atomic mass is 16.6. The summed E-state index contributed by atoms with van der Waals surface area (Å²) < 4.78 is 10.2. The zero-order chi connectivity index (χ0) is 14.3. The maximum atomic E-state index is 11.4. The van der Waals surface area contributed by atoms with E-state index in [1.165, 1.54) is 0 Å². The van der Waals surface area contributed by atoms with Crippen LogP contribution < -0.4 is 15.4 Å². The molecule has 1 aromatic rings. The van der Waals surface area contributed by atoms with Crippen molar-refractivity contribution in [3.05, 3.63) is 24.3 Å². The number of hydrogen-bond acceptors (Lipinski definition) is 4. The number of ether oxygens (including phenoxy) is 2. The molecule has 0 saturated heterocycles. The van der Waals surface area contributed by atoms with Crippen LogP contribution in [0.25, 0.3) is 0 Å². The fourth-order valence-electron chi connectivity index (χ4n) is 1.39. The van der Waals surface area contributed by atoms with E-state index in [-0.39, 0.29) is 0 Å². The highest BCUT2D eigenvalue weighted by Crippen LogP contribution is 2.14. The first-order valence-electron chi connectivity index (χ1n) is 6.25. The molecule has 0 radical (unpaired) electrons. The van der Waals surface area contributed by atoms with E-state index in [9.17, 15) is 4.79 Å². The van der Waals surface area contributed by atoms with Crippen LogP contribution in [-0.4, -0.2) is 31.9 Å². The van der Waals surface area contributed by atoms with Gasteiger partial charge in [-0.3, -0.25) is 0 Å². The van der Waals surface area contributed by atoms with E-state index < -0.39 is 11.7 Å². The van der Waals surface area contributed by atoms with Crippen LogP contribution in [0.2, 0.25) is 0 Å². The van der Waals surface area contributed by atoms with Gasteiger partial charge in [0.1, 0.15) is 11.4 Å². The number of carbonyl (C=O) groups excluding carboxylic acids is 1. The second kappa shape index (κ2) is 6.87. The van der Waals surface area contributed by atoms with Crippen LogP contribution in [0.5, 0.6) is 5.75 Å². The summed E-state index contributed by atoms with van der Waals surface area (Å²) in [4.78, 5) is 11.4. The van der Waals surface area contributed by atoms with Crippen molar-refractivity contribution in [2.24, 2.45) is 0 Å². The number of alkyl carbamates (subject to hydrolysis) is 1. The molecular weight excluding hydrogens is 244 g/mol. The molecule has 0 bridgehead atoms. The van der Waals surface area contributed by atoms with Gasteiger partial charge in [0.15, 0.2) is 0 Å². The van der Waals surface area contributed by atoms with Gasteiger partial charge in [0, 0.05) is 18.8 Å². The van der Waals surface area contributed by atoms with Crippen molar-refractivity contribution in [1.82, 2.24) is 5.32 Å².